The molecule has 2 aliphatic rings. The van der Waals surface area contributed by atoms with E-state index in [0.29, 0.717) is 12.3 Å². The van der Waals surface area contributed by atoms with E-state index in [1.54, 1.807) is 0 Å². The van der Waals surface area contributed by atoms with Gasteiger partial charge in [-0.2, -0.15) is 0 Å². The van der Waals surface area contributed by atoms with Crippen LogP contribution in [0.4, 0.5) is 0 Å². The van der Waals surface area contributed by atoms with E-state index in [9.17, 15) is 4.79 Å². The van der Waals surface area contributed by atoms with Gasteiger partial charge in [-0.25, -0.2) is 0 Å². The van der Waals surface area contributed by atoms with Gasteiger partial charge in [0, 0.05) is 24.4 Å². The fourth-order valence-corrected chi connectivity index (χ4v) is 3.26. The largest absolute Gasteiger partial charge is 0.493 e. The number of carbonyl (C=O) groups is 1. The van der Waals surface area contributed by atoms with Crippen LogP contribution >= 0.6 is 0 Å². The van der Waals surface area contributed by atoms with Crippen molar-refractivity contribution in [2.45, 2.75) is 44.9 Å². The third-order valence-corrected chi connectivity index (χ3v) is 4.27. The van der Waals surface area contributed by atoms with E-state index in [4.69, 9.17) is 4.74 Å². The van der Waals surface area contributed by atoms with Crippen molar-refractivity contribution in [2.24, 2.45) is 0 Å². The minimum atomic E-state index is 0.137. The molecule has 1 aromatic rings. The molecule has 0 spiro atoms. The van der Waals surface area contributed by atoms with Crippen LogP contribution in [0.25, 0.3) is 0 Å². The second-order valence-electron chi connectivity index (χ2n) is 5.47. The van der Waals surface area contributed by atoms with Crippen LogP contribution in [-0.4, -0.2) is 19.1 Å². The zero-order chi connectivity index (χ0) is 13.2. The molecule has 0 radical (unpaired) electrons. The average Bonchev–Trinajstić information content (AvgIpc) is 3.03. The van der Waals surface area contributed by atoms with E-state index in [1.807, 2.05) is 6.92 Å². The summed E-state index contributed by atoms with van der Waals surface area (Å²) < 4.78 is 5.81. The third-order valence-electron chi connectivity index (χ3n) is 4.27. The average molecular weight is 259 g/mol. The minimum absolute atomic E-state index is 0.137. The lowest BCUT2D eigenvalue weighted by atomic mass is 9.91. The molecular formula is C16H21NO2. The Labute approximate surface area is 114 Å². The number of hydrogen-bond donors (Lipinski definition) is 1. The van der Waals surface area contributed by atoms with Crippen LogP contribution in [0.15, 0.2) is 12.1 Å². The highest BCUT2D eigenvalue weighted by Crippen LogP contribution is 2.42. The summed E-state index contributed by atoms with van der Waals surface area (Å²) in [5.41, 5.74) is 4.47. The van der Waals surface area contributed by atoms with Gasteiger partial charge in [-0.3, -0.25) is 4.79 Å². The summed E-state index contributed by atoms with van der Waals surface area (Å²) in [5, 5.41) is 2.96. The number of rotatable bonds is 4. The number of benzene rings is 1. The van der Waals surface area contributed by atoms with Crippen LogP contribution in [-0.2, 0) is 17.6 Å². The lowest BCUT2D eigenvalue weighted by Gasteiger charge is -2.13. The molecule has 0 saturated heterocycles. The number of hydrogen-bond acceptors (Lipinski definition) is 2. The Balaban J connectivity index is 1.71. The molecule has 0 saturated carbocycles. The summed E-state index contributed by atoms with van der Waals surface area (Å²) >= 11 is 0. The molecule has 3 heteroatoms. The van der Waals surface area contributed by atoms with E-state index >= 15 is 0 Å². The first kappa shape index (κ1) is 12.5. The van der Waals surface area contributed by atoms with Crippen LogP contribution in [0.3, 0.4) is 0 Å². The maximum Gasteiger partial charge on any atom is 0.219 e. The highest BCUT2D eigenvalue weighted by Gasteiger charge is 2.29. The zero-order valence-electron chi connectivity index (χ0n) is 11.5. The Kier molecular flexibility index (Phi) is 3.45. The molecule has 1 N–H and O–H groups in total. The van der Waals surface area contributed by atoms with Gasteiger partial charge in [0.05, 0.1) is 6.61 Å². The molecule has 0 bridgehead atoms. The highest BCUT2D eigenvalue weighted by atomic mass is 16.5. The Morgan fingerprint density at radius 1 is 1.42 bits per heavy atom. The summed E-state index contributed by atoms with van der Waals surface area (Å²) in [7, 11) is 0. The Hall–Kier alpha value is -1.51. The maximum absolute atomic E-state index is 11.3. The Morgan fingerprint density at radius 3 is 3.16 bits per heavy atom. The molecule has 0 fully saturated rings. The molecule has 1 heterocycles. The standard InChI is InChI=1S/C16H21NO2/c1-2-15(18)17-9-8-12-10-19-14-7-6-11-4-3-5-13(11)16(12)14/h6-7,12H,2-5,8-10H2,1H3,(H,17,18). The van der Waals surface area contributed by atoms with Crippen molar-refractivity contribution >= 4 is 5.91 Å². The number of ether oxygens (including phenoxy) is 1. The summed E-state index contributed by atoms with van der Waals surface area (Å²) in [6.07, 6.45) is 5.22. The monoisotopic (exact) mass is 259 g/mol. The van der Waals surface area contributed by atoms with E-state index in [1.165, 1.54) is 36.0 Å². The molecule has 3 rings (SSSR count). The predicted octanol–water partition coefficient (Wildman–Crippen LogP) is 2.57. The normalized spacial score (nSPS) is 19.7. The molecule has 0 aromatic heterocycles. The van der Waals surface area contributed by atoms with Gasteiger partial charge < -0.3 is 10.1 Å². The summed E-state index contributed by atoms with van der Waals surface area (Å²) in [5.74, 6) is 1.67. The van der Waals surface area contributed by atoms with E-state index in [0.717, 1.165) is 25.3 Å². The molecule has 1 aliphatic heterocycles. The highest BCUT2D eigenvalue weighted by molar-refractivity contribution is 5.75. The Morgan fingerprint density at radius 2 is 2.32 bits per heavy atom. The third kappa shape index (κ3) is 2.34. The maximum atomic E-state index is 11.3. The van der Waals surface area contributed by atoms with Gasteiger partial charge in [-0.1, -0.05) is 13.0 Å². The van der Waals surface area contributed by atoms with Gasteiger partial charge in [0.25, 0.3) is 0 Å². The molecular weight excluding hydrogens is 238 g/mol. The van der Waals surface area contributed by atoms with Crippen molar-refractivity contribution in [3.63, 3.8) is 0 Å². The molecule has 102 valence electrons. The summed E-state index contributed by atoms with van der Waals surface area (Å²) in [6.45, 7) is 3.41. The smallest absolute Gasteiger partial charge is 0.219 e. The van der Waals surface area contributed by atoms with Crippen molar-refractivity contribution in [3.05, 3.63) is 28.8 Å². The fourth-order valence-electron chi connectivity index (χ4n) is 3.26. The lowest BCUT2D eigenvalue weighted by Crippen LogP contribution is -2.25. The second-order valence-corrected chi connectivity index (χ2v) is 5.47. The van der Waals surface area contributed by atoms with Crippen LogP contribution in [0.5, 0.6) is 5.75 Å². The molecule has 1 unspecified atom stereocenters. The van der Waals surface area contributed by atoms with E-state index < -0.39 is 0 Å². The number of aryl methyl sites for hydroxylation is 1. The van der Waals surface area contributed by atoms with Crippen LogP contribution in [0.1, 0.15) is 48.8 Å². The van der Waals surface area contributed by atoms with E-state index in [-0.39, 0.29) is 5.91 Å². The first-order valence-electron chi connectivity index (χ1n) is 7.33. The lowest BCUT2D eigenvalue weighted by molar-refractivity contribution is -0.120. The van der Waals surface area contributed by atoms with Gasteiger partial charge in [0.1, 0.15) is 5.75 Å². The van der Waals surface area contributed by atoms with Crippen molar-refractivity contribution < 1.29 is 9.53 Å². The molecule has 1 atom stereocenters. The predicted molar refractivity (Wildman–Crippen MR) is 74.6 cm³/mol. The number of amides is 1. The second kappa shape index (κ2) is 5.24. The Bertz CT molecular complexity index is 496. The number of nitrogens with one attached hydrogen (secondary N) is 1. The summed E-state index contributed by atoms with van der Waals surface area (Å²) in [4.78, 5) is 11.3. The van der Waals surface area contributed by atoms with Crippen LogP contribution in [0.2, 0.25) is 0 Å². The van der Waals surface area contributed by atoms with Gasteiger partial charge in [-0.05, 0) is 42.9 Å². The summed E-state index contributed by atoms with van der Waals surface area (Å²) in [6, 6.07) is 4.35. The molecule has 1 amide bonds. The topological polar surface area (TPSA) is 38.3 Å². The fraction of sp³-hybridized carbons (Fsp3) is 0.562. The SMILES string of the molecule is CCC(=O)NCCC1COc2ccc3c(c21)CCC3. The van der Waals surface area contributed by atoms with E-state index in [2.05, 4.69) is 17.4 Å². The van der Waals surface area contributed by atoms with Gasteiger partial charge in [0.15, 0.2) is 0 Å². The minimum Gasteiger partial charge on any atom is -0.493 e. The zero-order valence-corrected chi connectivity index (χ0v) is 11.5. The van der Waals surface area contributed by atoms with Gasteiger partial charge in [0.2, 0.25) is 5.91 Å². The molecule has 1 aliphatic carbocycles. The molecule has 3 nitrogen and oxygen atoms in total. The van der Waals surface area contributed by atoms with Gasteiger partial charge in [-0.15, -0.1) is 0 Å². The quantitative estimate of drug-likeness (QED) is 0.902. The molecule has 19 heavy (non-hydrogen) atoms. The molecule has 1 aromatic carbocycles. The first-order valence-corrected chi connectivity index (χ1v) is 7.33. The van der Waals surface area contributed by atoms with Crippen molar-refractivity contribution in [1.29, 1.82) is 0 Å². The number of fused-ring (bicyclic) bond motifs is 3. The van der Waals surface area contributed by atoms with Crippen LogP contribution in [0, 0.1) is 0 Å². The first-order chi connectivity index (χ1) is 9.29. The van der Waals surface area contributed by atoms with Crippen LogP contribution < -0.4 is 10.1 Å². The van der Waals surface area contributed by atoms with Crippen molar-refractivity contribution in [3.8, 4) is 5.75 Å². The number of carbonyl (C=O) groups excluding carboxylic acids is 1. The van der Waals surface area contributed by atoms with Crippen molar-refractivity contribution in [2.75, 3.05) is 13.2 Å². The van der Waals surface area contributed by atoms with Gasteiger partial charge >= 0.3 is 0 Å². The van der Waals surface area contributed by atoms with Crippen molar-refractivity contribution in [1.82, 2.24) is 5.32 Å².